The summed E-state index contributed by atoms with van der Waals surface area (Å²) in [7, 11) is 0. The van der Waals surface area contributed by atoms with Gasteiger partial charge in [-0.3, -0.25) is 4.79 Å². The Morgan fingerprint density at radius 2 is 1.69 bits per heavy atom. The number of ketones is 1. The lowest BCUT2D eigenvalue weighted by Crippen LogP contribution is -1.95. The third-order valence-electron chi connectivity index (χ3n) is 1.44. The van der Waals surface area contributed by atoms with Gasteiger partial charge in [0.1, 0.15) is 5.76 Å². The average molecular weight is 222 g/mol. The molecule has 0 atom stereocenters. The fourth-order valence-electron chi connectivity index (χ4n) is 0.822. The molecule has 1 aromatic carbocycles. The summed E-state index contributed by atoms with van der Waals surface area (Å²) in [5.41, 5.74) is 0.775. The van der Waals surface area contributed by atoms with E-state index in [1.54, 1.807) is 6.92 Å². The lowest BCUT2D eigenvalue weighted by atomic mass is 10.2. The SMILES string of the molecule is C=C(C)OC(=O)O.CC(=O)c1ccccc1. The van der Waals surface area contributed by atoms with E-state index in [1.807, 2.05) is 30.3 Å². The molecule has 0 aromatic heterocycles. The molecule has 0 unspecified atom stereocenters. The Morgan fingerprint density at radius 1 is 1.19 bits per heavy atom. The van der Waals surface area contributed by atoms with Gasteiger partial charge in [0, 0.05) is 5.56 Å². The Hall–Kier alpha value is -2.10. The van der Waals surface area contributed by atoms with Crippen molar-refractivity contribution in [2.75, 3.05) is 0 Å². The molecule has 1 aromatic rings. The number of rotatable bonds is 2. The van der Waals surface area contributed by atoms with Crippen LogP contribution in [-0.2, 0) is 4.74 Å². The molecule has 0 aliphatic carbocycles. The molecular weight excluding hydrogens is 208 g/mol. The van der Waals surface area contributed by atoms with Gasteiger partial charge in [-0.25, -0.2) is 4.79 Å². The molecule has 0 saturated carbocycles. The molecule has 0 amide bonds. The van der Waals surface area contributed by atoms with Gasteiger partial charge in [0.05, 0.1) is 0 Å². The Morgan fingerprint density at radius 3 is 1.88 bits per heavy atom. The molecule has 86 valence electrons. The van der Waals surface area contributed by atoms with Crippen LogP contribution in [0.15, 0.2) is 42.7 Å². The van der Waals surface area contributed by atoms with Crippen LogP contribution in [0.4, 0.5) is 4.79 Å². The Balaban J connectivity index is 0.000000293. The summed E-state index contributed by atoms with van der Waals surface area (Å²) >= 11 is 0. The van der Waals surface area contributed by atoms with Crippen molar-refractivity contribution in [3.63, 3.8) is 0 Å². The summed E-state index contributed by atoms with van der Waals surface area (Å²) in [5.74, 6) is 0.308. The molecular formula is C12H14O4. The van der Waals surface area contributed by atoms with Crippen molar-refractivity contribution in [2.24, 2.45) is 0 Å². The number of Topliss-reactive ketones (excluding diaryl/α,β-unsaturated/α-hetero) is 1. The van der Waals surface area contributed by atoms with Crippen molar-refractivity contribution < 1.29 is 19.4 Å². The molecule has 0 radical (unpaired) electrons. The third kappa shape index (κ3) is 7.32. The van der Waals surface area contributed by atoms with E-state index in [4.69, 9.17) is 5.11 Å². The maximum Gasteiger partial charge on any atom is 0.510 e. The van der Waals surface area contributed by atoms with Crippen molar-refractivity contribution in [3.05, 3.63) is 48.2 Å². The summed E-state index contributed by atoms with van der Waals surface area (Å²) in [6, 6.07) is 9.23. The molecule has 1 rings (SSSR count). The first kappa shape index (κ1) is 13.9. The third-order valence-corrected chi connectivity index (χ3v) is 1.44. The monoisotopic (exact) mass is 222 g/mol. The molecule has 0 fully saturated rings. The molecule has 0 aliphatic heterocycles. The lowest BCUT2D eigenvalue weighted by molar-refractivity contribution is 0.101. The first-order chi connectivity index (χ1) is 7.43. The van der Waals surface area contributed by atoms with Gasteiger partial charge in [-0.05, 0) is 13.8 Å². The van der Waals surface area contributed by atoms with Crippen LogP contribution in [0.1, 0.15) is 24.2 Å². The minimum absolute atomic E-state index is 0.121. The van der Waals surface area contributed by atoms with E-state index in [9.17, 15) is 9.59 Å². The number of carboxylic acid groups (broad SMARTS) is 1. The Labute approximate surface area is 94.2 Å². The summed E-state index contributed by atoms with van der Waals surface area (Å²) in [6.45, 7) is 6.22. The number of carbonyl (C=O) groups excluding carboxylic acids is 1. The van der Waals surface area contributed by atoms with Crippen LogP contribution in [0.2, 0.25) is 0 Å². The number of hydrogen-bond acceptors (Lipinski definition) is 3. The highest BCUT2D eigenvalue weighted by Crippen LogP contribution is 1.97. The second kappa shape index (κ2) is 7.23. The van der Waals surface area contributed by atoms with E-state index >= 15 is 0 Å². The smallest absolute Gasteiger partial charge is 0.449 e. The van der Waals surface area contributed by atoms with Crippen molar-refractivity contribution in [2.45, 2.75) is 13.8 Å². The van der Waals surface area contributed by atoms with Gasteiger partial charge in [0.2, 0.25) is 0 Å². The standard InChI is InChI=1S/C8H8O.C4H6O3/c1-7(9)8-5-3-2-4-6-8;1-3(2)7-4(5)6/h2-6H,1H3;1H2,2H3,(H,5,6). The van der Waals surface area contributed by atoms with Gasteiger partial charge in [-0.1, -0.05) is 36.9 Å². The van der Waals surface area contributed by atoms with Crippen LogP contribution in [0, 0.1) is 0 Å². The van der Waals surface area contributed by atoms with E-state index in [-0.39, 0.29) is 11.5 Å². The molecule has 0 saturated heterocycles. The van der Waals surface area contributed by atoms with Gasteiger partial charge < -0.3 is 9.84 Å². The first-order valence-electron chi connectivity index (χ1n) is 4.55. The summed E-state index contributed by atoms with van der Waals surface area (Å²) in [4.78, 5) is 20.2. The van der Waals surface area contributed by atoms with Crippen LogP contribution in [0.25, 0.3) is 0 Å². The van der Waals surface area contributed by atoms with Crippen LogP contribution in [0.5, 0.6) is 0 Å². The number of allylic oxidation sites excluding steroid dienone is 1. The summed E-state index contributed by atoms with van der Waals surface area (Å²) < 4.78 is 3.97. The predicted molar refractivity (Wildman–Crippen MR) is 60.4 cm³/mol. The molecule has 16 heavy (non-hydrogen) atoms. The zero-order valence-electron chi connectivity index (χ0n) is 9.27. The number of hydrogen-bond donors (Lipinski definition) is 1. The molecule has 4 heteroatoms. The number of ether oxygens (including phenoxy) is 1. The summed E-state index contributed by atoms with van der Waals surface area (Å²) in [6.07, 6.45) is -1.31. The summed E-state index contributed by atoms with van der Waals surface area (Å²) in [5, 5.41) is 7.80. The fraction of sp³-hybridized carbons (Fsp3) is 0.167. The van der Waals surface area contributed by atoms with Crippen molar-refractivity contribution in [3.8, 4) is 0 Å². The highest BCUT2D eigenvalue weighted by Gasteiger charge is 1.93. The topological polar surface area (TPSA) is 63.6 Å². The quantitative estimate of drug-likeness (QED) is 0.474. The van der Waals surface area contributed by atoms with E-state index in [1.165, 1.54) is 6.92 Å². The Kier molecular flexibility index (Phi) is 6.28. The fourth-order valence-corrected chi connectivity index (χ4v) is 0.822. The molecule has 0 aliphatic rings. The zero-order chi connectivity index (χ0) is 12.6. The van der Waals surface area contributed by atoms with Gasteiger partial charge in [0.25, 0.3) is 0 Å². The number of carbonyl (C=O) groups is 2. The molecule has 4 nitrogen and oxygen atoms in total. The van der Waals surface area contributed by atoms with Crippen molar-refractivity contribution in [1.82, 2.24) is 0 Å². The van der Waals surface area contributed by atoms with E-state index in [2.05, 4.69) is 11.3 Å². The highest BCUT2D eigenvalue weighted by atomic mass is 16.7. The molecule has 0 bridgehead atoms. The van der Waals surface area contributed by atoms with E-state index in [0.717, 1.165) is 5.56 Å². The van der Waals surface area contributed by atoms with Crippen LogP contribution in [-0.4, -0.2) is 17.0 Å². The maximum absolute atomic E-state index is 10.6. The minimum Gasteiger partial charge on any atom is -0.449 e. The number of benzene rings is 1. The second-order valence-corrected chi connectivity index (χ2v) is 2.99. The molecule has 1 N–H and O–H groups in total. The van der Waals surface area contributed by atoms with Gasteiger partial charge >= 0.3 is 6.16 Å². The van der Waals surface area contributed by atoms with Crippen LogP contribution in [0.3, 0.4) is 0 Å². The van der Waals surface area contributed by atoms with Gasteiger partial charge in [0.15, 0.2) is 5.78 Å². The van der Waals surface area contributed by atoms with Crippen LogP contribution >= 0.6 is 0 Å². The first-order valence-corrected chi connectivity index (χ1v) is 4.55. The van der Waals surface area contributed by atoms with E-state index in [0.29, 0.717) is 0 Å². The zero-order valence-corrected chi connectivity index (χ0v) is 9.27. The predicted octanol–water partition coefficient (Wildman–Crippen LogP) is 3.10. The van der Waals surface area contributed by atoms with Crippen molar-refractivity contribution >= 4 is 11.9 Å². The van der Waals surface area contributed by atoms with E-state index < -0.39 is 6.16 Å². The van der Waals surface area contributed by atoms with Gasteiger partial charge in [-0.2, -0.15) is 0 Å². The normalized spacial score (nSPS) is 8.38. The Bertz CT molecular complexity index is 356. The lowest BCUT2D eigenvalue weighted by Gasteiger charge is -1.91. The molecule has 0 heterocycles. The maximum atomic E-state index is 10.6. The largest absolute Gasteiger partial charge is 0.510 e. The van der Waals surface area contributed by atoms with Gasteiger partial charge in [-0.15, -0.1) is 0 Å². The van der Waals surface area contributed by atoms with Crippen molar-refractivity contribution in [1.29, 1.82) is 0 Å². The second-order valence-electron chi connectivity index (χ2n) is 2.99. The average Bonchev–Trinajstić information content (AvgIpc) is 2.17. The molecule has 0 spiro atoms. The minimum atomic E-state index is -1.31. The van der Waals surface area contributed by atoms with Crippen LogP contribution < -0.4 is 0 Å². The highest BCUT2D eigenvalue weighted by molar-refractivity contribution is 5.93.